The van der Waals surface area contributed by atoms with Gasteiger partial charge in [0, 0.05) is 42.4 Å². The Kier molecular flexibility index (Phi) is 10.4. The van der Waals surface area contributed by atoms with Crippen LogP contribution in [0, 0.1) is 34.5 Å². The van der Waals surface area contributed by atoms with Gasteiger partial charge in [-0.2, -0.15) is 0 Å². The van der Waals surface area contributed by atoms with Crippen molar-refractivity contribution < 1.29 is 53.0 Å². The number of carbonyl (C=O) groups is 3. The number of esters is 2. The maximum absolute atomic E-state index is 13.9. The van der Waals surface area contributed by atoms with Crippen LogP contribution in [0.15, 0.2) is 23.8 Å². The Hall–Kier alpha value is -2.51. The average Bonchev–Trinajstić information content (AvgIpc) is 3.25. The predicted octanol–water partition coefficient (Wildman–Crippen LogP) is 4.98. The van der Waals surface area contributed by atoms with Crippen molar-refractivity contribution in [3.63, 3.8) is 0 Å². The molecule has 1 amide bonds. The van der Waals surface area contributed by atoms with Gasteiger partial charge in [-0.3, -0.25) is 4.79 Å². The van der Waals surface area contributed by atoms with Crippen LogP contribution in [0.4, 0.5) is 4.79 Å². The van der Waals surface area contributed by atoms with Gasteiger partial charge in [-0.15, -0.1) is 0 Å². The van der Waals surface area contributed by atoms with Crippen LogP contribution in [0.1, 0.15) is 102 Å². The summed E-state index contributed by atoms with van der Waals surface area (Å²) in [5.41, 5.74) is -3.11. The van der Waals surface area contributed by atoms with Crippen LogP contribution >= 0.6 is 0 Å². The lowest BCUT2D eigenvalue weighted by atomic mass is 9.47. The van der Waals surface area contributed by atoms with Crippen LogP contribution in [0.3, 0.4) is 0 Å². The molecule has 3 N–H and O–H groups in total. The molecule has 2 heterocycles. The molecule has 0 spiro atoms. The summed E-state index contributed by atoms with van der Waals surface area (Å²) in [6.45, 7) is 26.4. The molecule has 0 aromatic rings. The van der Waals surface area contributed by atoms with E-state index in [1.807, 2.05) is 20.8 Å². The van der Waals surface area contributed by atoms with Crippen molar-refractivity contribution in [2.45, 2.75) is 162 Å². The van der Waals surface area contributed by atoms with Gasteiger partial charge in [0.2, 0.25) is 0 Å². The molecule has 5 unspecified atom stereocenters. The number of rotatable bonds is 9. The second-order valence-electron chi connectivity index (χ2n) is 17.9. The summed E-state index contributed by atoms with van der Waals surface area (Å²) < 4.78 is 37.3. The molecule has 0 aromatic heterocycles. The molecule has 0 aromatic carbocycles. The maximum Gasteiger partial charge on any atom is 0.407 e. The quantitative estimate of drug-likeness (QED) is 0.168. The summed E-state index contributed by atoms with van der Waals surface area (Å²) >= 11 is 0. The molecule has 0 bridgehead atoms. The van der Waals surface area contributed by atoms with E-state index in [2.05, 4.69) is 32.7 Å². The van der Waals surface area contributed by atoms with Crippen molar-refractivity contribution in [3.8, 4) is 0 Å². The first-order valence-electron chi connectivity index (χ1n) is 18.5. The fourth-order valence-electron chi connectivity index (χ4n) is 10.9. The molecular formula is C39H61NO11. The van der Waals surface area contributed by atoms with Crippen LogP contribution in [0.25, 0.3) is 0 Å². The highest BCUT2D eigenvalue weighted by molar-refractivity contribution is 5.77. The monoisotopic (exact) mass is 719 g/mol. The van der Waals surface area contributed by atoms with Gasteiger partial charge in [-0.1, -0.05) is 46.8 Å². The lowest BCUT2D eigenvalue weighted by Gasteiger charge is -2.68. The van der Waals surface area contributed by atoms with Gasteiger partial charge in [-0.25, -0.2) is 9.59 Å². The second kappa shape index (κ2) is 13.4. The van der Waals surface area contributed by atoms with Crippen LogP contribution in [-0.2, 0) is 38.0 Å². The summed E-state index contributed by atoms with van der Waals surface area (Å²) in [4.78, 5) is 39.4. The van der Waals surface area contributed by atoms with Gasteiger partial charge in [0.15, 0.2) is 18.0 Å². The summed E-state index contributed by atoms with van der Waals surface area (Å²) in [6, 6.07) is -0.959. The summed E-state index contributed by atoms with van der Waals surface area (Å²) in [7, 11) is 0. The van der Waals surface area contributed by atoms with Crippen LogP contribution in [-0.4, -0.2) is 94.5 Å². The number of nitrogens with one attached hydrogen (secondary N) is 1. The average molecular weight is 720 g/mol. The number of aliphatic hydroxyl groups excluding tert-OH is 1. The highest BCUT2D eigenvalue weighted by Gasteiger charge is 2.78. The standard InChI is InChI=1S/C39H61NO11/c1-14-28-48-26-16-27-39(18-46-27,50-23(7)41)31-22(6)38(36(11,12)45)17-25(20(4)29(38)21(5)32(49-28)37(26,31)13)47-33(43)30(42)24(15-19(2)3)40-34(44)51-35(8,9)10/h14,19,21-22,24-28,30-32,42,45H,1,15-18H2,2-13H3,(H,40,44)/t21-,22-,24-,25?,26?,27?,28?,30+,31-,32?,37+,38+,39-/m0/s1. The van der Waals surface area contributed by atoms with Crippen LogP contribution in [0.2, 0.25) is 0 Å². The summed E-state index contributed by atoms with van der Waals surface area (Å²) in [5.74, 6) is -2.33. The molecule has 12 nitrogen and oxygen atoms in total. The number of hydrogen-bond acceptors (Lipinski definition) is 11. The molecular weight excluding hydrogens is 658 g/mol. The van der Waals surface area contributed by atoms with Crippen LogP contribution < -0.4 is 5.32 Å². The third-order valence-electron chi connectivity index (χ3n) is 12.6. The van der Waals surface area contributed by atoms with Crippen molar-refractivity contribution in [2.75, 3.05) is 6.61 Å². The molecule has 0 radical (unpaired) electrons. The first-order valence-corrected chi connectivity index (χ1v) is 18.5. The zero-order valence-electron chi connectivity index (χ0n) is 32.5. The number of alkyl carbamates (subject to hydrolysis) is 1. The number of amides is 1. The van der Waals surface area contributed by atoms with E-state index in [-0.39, 0.29) is 36.9 Å². The number of hydrogen-bond donors (Lipinski definition) is 3. The fraction of sp³-hybridized carbons (Fsp3) is 0.821. The van der Waals surface area contributed by atoms with Gasteiger partial charge in [0.1, 0.15) is 17.8 Å². The van der Waals surface area contributed by atoms with E-state index in [0.29, 0.717) is 12.8 Å². The van der Waals surface area contributed by atoms with Crippen molar-refractivity contribution in [1.29, 1.82) is 0 Å². The highest BCUT2D eigenvalue weighted by atomic mass is 16.7. The van der Waals surface area contributed by atoms with Crippen molar-refractivity contribution in [2.24, 2.45) is 34.5 Å². The van der Waals surface area contributed by atoms with E-state index in [4.69, 9.17) is 28.4 Å². The Morgan fingerprint density at radius 1 is 1.12 bits per heavy atom. The maximum atomic E-state index is 13.9. The molecule has 2 aliphatic heterocycles. The third kappa shape index (κ3) is 6.44. The number of aliphatic hydroxyl groups is 2. The normalized spacial score (nSPS) is 40.1. The van der Waals surface area contributed by atoms with Gasteiger partial charge in [-0.05, 0) is 71.4 Å². The Labute approximate surface area is 303 Å². The second-order valence-corrected chi connectivity index (χ2v) is 17.9. The van der Waals surface area contributed by atoms with E-state index in [1.54, 1.807) is 40.7 Å². The minimum Gasteiger partial charge on any atom is -0.456 e. The molecule has 13 atom stereocenters. The molecule has 4 fully saturated rings. The molecule has 12 heteroatoms. The van der Waals surface area contributed by atoms with E-state index in [1.165, 1.54) is 6.92 Å². The van der Waals surface area contributed by atoms with Gasteiger partial charge in [0.05, 0.1) is 30.5 Å². The number of carbonyl (C=O) groups excluding carboxylic acids is 3. The molecule has 288 valence electrons. The minimum absolute atomic E-state index is 0.0332. The van der Waals surface area contributed by atoms with E-state index in [0.717, 1.165) is 11.1 Å². The molecule has 3 aliphatic carbocycles. The Morgan fingerprint density at radius 3 is 2.27 bits per heavy atom. The minimum atomic E-state index is -1.68. The van der Waals surface area contributed by atoms with Crippen molar-refractivity contribution in [3.05, 3.63) is 23.8 Å². The first kappa shape index (κ1) is 39.7. The first-order chi connectivity index (χ1) is 23.4. The van der Waals surface area contributed by atoms with E-state index < -0.39 is 88.3 Å². The zero-order chi connectivity index (χ0) is 38.2. The van der Waals surface area contributed by atoms with Gasteiger partial charge in [0.25, 0.3) is 0 Å². The molecule has 2 saturated heterocycles. The SMILES string of the molecule is C=CC1OC2CC3OC[C@@]3(OC(C)=O)[C@H]3[C@H](C)[C@]4(C(C)(C)O)CC(OC(=O)[C@H](O)[C@H](CC(C)C)NC(=O)OC(C)(C)C)C(C)=C4[C@H](C)C(O1)[C@]23C. The number of ether oxygens (including phenoxy) is 6. The van der Waals surface area contributed by atoms with E-state index in [9.17, 15) is 24.6 Å². The van der Waals surface area contributed by atoms with E-state index >= 15 is 0 Å². The van der Waals surface area contributed by atoms with Crippen molar-refractivity contribution in [1.82, 2.24) is 5.32 Å². The lowest BCUT2D eigenvalue weighted by molar-refractivity contribution is -0.387. The molecule has 5 aliphatic rings. The predicted molar refractivity (Wildman–Crippen MR) is 187 cm³/mol. The third-order valence-corrected chi connectivity index (χ3v) is 12.6. The van der Waals surface area contributed by atoms with Crippen LogP contribution in [0.5, 0.6) is 0 Å². The Morgan fingerprint density at radius 2 is 1.76 bits per heavy atom. The molecule has 51 heavy (non-hydrogen) atoms. The molecule has 5 rings (SSSR count). The Balaban J connectivity index is 1.58. The lowest BCUT2D eigenvalue weighted by Crippen LogP contribution is -2.78. The zero-order valence-corrected chi connectivity index (χ0v) is 32.5. The smallest absolute Gasteiger partial charge is 0.407 e. The fourth-order valence-corrected chi connectivity index (χ4v) is 10.9. The van der Waals surface area contributed by atoms with Gasteiger partial charge < -0.3 is 44.0 Å². The summed E-state index contributed by atoms with van der Waals surface area (Å²) in [5, 5.41) is 26.5. The topological polar surface area (TPSA) is 159 Å². The molecule has 2 saturated carbocycles. The largest absolute Gasteiger partial charge is 0.456 e. The van der Waals surface area contributed by atoms with Crippen molar-refractivity contribution >= 4 is 18.0 Å². The number of fused-ring (bicyclic) bond motifs is 3. The highest BCUT2D eigenvalue weighted by Crippen LogP contribution is 2.71. The van der Waals surface area contributed by atoms with Gasteiger partial charge >= 0.3 is 18.0 Å². The summed E-state index contributed by atoms with van der Waals surface area (Å²) in [6.07, 6.45) is -2.45. The Bertz CT molecular complexity index is 1430.